The van der Waals surface area contributed by atoms with Crippen LogP contribution in [-0.4, -0.2) is 55.2 Å². The molecule has 0 bridgehead atoms. The van der Waals surface area contributed by atoms with E-state index in [0.717, 1.165) is 25.9 Å². The minimum absolute atomic E-state index is 0.0168. The van der Waals surface area contributed by atoms with Crippen molar-refractivity contribution in [1.29, 1.82) is 0 Å². The van der Waals surface area contributed by atoms with Gasteiger partial charge >= 0.3 is 6.09 Å². The fourth-order valence-electron chi connectivity index (χ4n) is 2.49. The first-order valence-electron chi connectivity index (χ1n) is 7.63. The lowest BCUT2D eigenvalue weighted by molar-refractivity contribution is -0.132. The van der Waals surface area contributed by atoms with Crippen molar-refractivity contribution < 1.29 is 14.3 Å². The lowest BCUT2D eigenvalue weighted by Gasteiger charge is -2.33. The van der Waals surface area contributed by atoms with Crippen LogP contribution in [0.5, 0.6) is 0 Å². The zero-order valence-electron chi connectivity index (χ0n) is 12.2. The van der Waals surface area contributed by atoms with E-state index in [9.17, 15) is 9.59 Å². The SMILES string of the molecule is CCOC(=O)NC1CCCN(C(=O)CCNC2CC2)C1. The van der Waals surface area contributed by atoms with Gasteiger partial charge in [-0.1, -0.05) is 0 Å². The molecule has 1 aliphatic heterocycles. The van der Waals surface area contributed by atoms with Crippen molar-refractivity contribution in [1.82, 2.24) is 15.5 Å². The molecule has 2 rings (SSSR count). The molecule has 0 aromatic rings. The van der Waals surface area contributed by atoms with E-state index >= 15 is 0 Å². The van der Waals surface area contributed by atoms with E-state index in [1.807, 2.05) is 4.90 Å². The van der Waals surface area contributed by atoms with Crippen molar-refractivity contribution in [2.75, 3.05) is 26.2 Å². The molecule has 114 valence electrons. The van der Waals surface area contributed by atoms with Gasteiger partial charge in [0.1, 0.15) is 0 Å². The first kappa shape index (κ1) is 15.1. The second kappa shape index (κ2) is 7.47. The molecule has 2 amide bonds. The molecule has 0 aromatic heterocycles. The molecule has 1 heterocycles. The van der Waals surface area contributed by atoms with Crippen LogP contribution in [-0.2, 0) is 9.53 Å². The average molecular weight is 283 g/mol. The number of amides is 2. The largest absolute Gasteiger partial charge is 0.450 e. The molecule has 1 saturated carbocycles. The summed E-state index contributed by atoms with van der Waals surface area (Å²) >= 11 is 0. The maximum absolute atomic E-state index is 12.1. The smallest absolute Gasteiger partial charge is 0.407 e. The van der Waals surface area contributed by atoms with Gasteiger partial charge in [-0.3, -0.25) is 4.79 Å². The number of ether oxygens (including phenoxy) is 1. The highest BCUT2D eigenvalue weighted by Gasteiger charge is 2.25. The lowest BCUT2D eigenvalue weighted by Crippen LogP contribution is -2.50. The van der Waals surface area contributed by atoms with Crippen molar-refractivity contribution >= 4 is 12.0 Å². The number of nitrogens with zero attached hydrogens (tertiary/aromatic N) is 1. The van der Waals surface area contributed by atoms with E-state index in [1.54, 1.807) is 6.92 Å². The number of carbonyl (C=O) groups is 2. The second-order valence-electron chi connectivity index (χ2n) is 5.52. The van der Waals surface area contributed by atoms with Crippen LogP contribution >= 0.6 is 0 Å². The third kappa shape index (κ3) is 5.00. The van der Waals surface area contributed by atoms with Crippen molar-refractivity contribution in [3.8, 4) is 0 Å². The van der Waals surface area contributed by atoms with Crippen LogP contribution in [0, 0.1) is 0 Å². The highest BCUT2D eigenvalue weighted by molar-refractivity contribution is 5.76. The maximum atomic E-state index is 12.1. The van der Waals surface area contributed by atoms with Crippen LogP contribution < -0.4 is 10.6 Å². The number of alkyl carbamates (subject to hydrolysis) is 1. The molecule has 2 aliphatic rings. The summed E-state index contributed by atoms with van der Waals surface area (Å²) in [5.74, 6) is 0.175. The molecule has 20 heavy (non-hydrogen) atoms. The summed E-state index contributed by atoms with van der Waals surface area (Å²) in [4.78, 5) is 25.4. The summed E-state index contributed by atoms with van der Waals surface area (Å²) in [6.07, 6.45) is 4.47. The third-order valence-electron chi connectivity index (χ3n) is 3.72. The lowest BCUT2D eigenvalue weighted by atomic mass is 10.1. The van der Waals surface area contributed by atoms with Gasteiger partial charge < -0.3 is 20.3 Å². The highest BCUT2D eigenvalue weighted by Crippen LogP contribution is 2.18. The van der Waals surface area contributed by atoms with Gasteiger partial charge in [-0.05, 0) is 32.6 Å². The molecule has 2 fully saturated rings. The summed E-state index contributed by atoms with van der Waals surface area (Å²) in [5.41, 5.74) is 0. The fourth-order valence-corrected chi connectivity index (χ4v) is 2.49. The van der Waals surface area contributed by atoms with Crippen LogP contribution in [0.4, 0.5) is 4.79 Å². The molecular weight excluding hydrogens is 258 g/mol. The number of rotatable bonds is 6. The van der Waals surface area contributed by atoms with E-state index in [1.165, 1.54) is 12.8 Å². The number of likely N-dealkylation sites (tertiary alicyclic amines) is 1. The molecule has 6 heteroatoms. The normalized spacial score (nSPS) is 22.4. The van der Waals surface area contributed by atoms with Crippen LogP contribution in [0.1, 0.15) is 39.0 Å². The summed E-state index contributed by atoms with van der Waals surface area (Å²) in [5, 5.41) is 6.17. The Hall–Kier alpha value is -1.30. The van der Waals surface area contributed by atoms with Crippen molar-refractivity contribution in [3.63, 3.8) is 0 Å². The van der Waals surface area contributed by atoms with Crippen molar-refractivity contribution in [2.45, 2.75) is 51.1 Å². The number of carbonyl (C=O) groups excluding carboxylic acids is 2. The molecule has 0 aromatic carbocycles. The molecule has 0 radical (unpaired) electrons. The first-order chi connectivity index (χ1) is 9.69. The standard InChI is InChI=1S/C14H25N3O3/c1-2-20-14(19)16-12-4-3-9-17(10-12)13(18)7-8-15-11-5-6-11/h11-12,15H,2-10H2,1H3,(H,16,19). The Morgan fingerprint density at radius 1 is 1.25 bits per heavy atom. The fraction of sp³-hybridized carbons (Fsp3) is 0.857. The predicted octanol–water partition coefficient (Wildman–Crippen LogP) is 0.866. The maximum Gasteiger partial charge on any atom is 0.407 e. The molecule has 0 spiro atoms. The number of piperidine rings is 1. The topological polar surface area (TPSA) is 70.7 Å². The zero-order chi connectivity index (χ0) is 14.4. The summed E-state index contributed by atoms with van der Waals surface area (Å²) in [7, 11) is 0. The van der Waals surface area contributed by atoms with Gasteiger partial charge in [0, 0.05) is 38.1 Å². The van der Waals surface area contributed by atoms with Gasteiger partial charge in [-0.15, -0.1) is 0 Å². The van der Waals surface area contributed by atoms with Crippen molar-refractivity contribution in [3.05, 3.63) is 0 Å². The van der Waals surface area contributed by atoms with Gasteiger partial charge in [0.2, 0.25) is 5.91 Å². The van der Waals surface area contributed by atoms with Gasteiger partial charge in [-0.2, -0.15) is 0 Å². The average Bonchev–Trinajstić information content (AvgIpc) is 3.23. The highest BCUT2D eigenvalue weighted by atomic mass is 16.5. The minimum Gasteiger partial charge on any atom is -0.450 e. The third-order valence-corrected chi connectivity index (χ3v) is 3.72. The monoisotopic (exact) mass is 283 g/mol. The molecule has 1 aliphatic carbocycles. The van der Waals surface area contributed by atoms with Crippen LogP contribution in [0.15, 0.2) is 0 Å². The van der Waals surface area contributed by atoms with E-state index in [4.69, 9.17) is 4.74 Å². The minimum atomic E-state index is -0.387. The van der Waals surface area contributed by atoms with Gasteiger partial charge in [0.15, 0.2) is 0 Å². The van der Waals surface area contributed by atoms with Gasteiger partial charge in [0.05, 0.1) is 6.61 Å². The van der Waals surface area contributed by atoms with Crippen LogP contribution in [0.2, 0.25) is 0 Å². The predicted molar refractivity (Wildman–Crippen MR) is 75.4 cm³/mol. The van der Waals surface area contributed by atoms with Crippen LogP contribution in [0.25, 0.3) is 0 Å². The Bertz CT molecular complexity index is 345. The summed E-state index contributed by atoms with van der Waals surface area (Å²) in [6.45, 7) is 4.30. The Labute approximate surface area is 120 Å². The van der Waals surface area contributed by atoms with E-state index in [0.29, 0.717) is 25.6 Å². The van der Waals surface area contributed by atoms with E-state index < -0.39 is 0 Å². The molecular formula is C14H25N3O3. The molecule has 1 saturated heterocycles. The molecule has 1 unspecified atom stereocenters. The zero-order valence-corrected chi connectivity index (χ0v) is 12.2. The van der Waals surface area contributed by atoms with Gasteiger partial charge in [-0.25, -0.2) is 4.79 Å². The quantitative estimate of drug-likeness (QED) is 0.758. The number of hydrogen-bond acceptors (Lipinski definition) is 4. The Morgan fingerprint density at radius 3 is 2.75 bits per heavy atom. The Balaban J connectivity index is 1.68. The number of nitrogens with one attached hydrogen (secondary N) is 2. The van der Waals surface area contributed by atoms with Crippen molar-refractivity contribution in [2.24, 2.45) is 0 Å². The molecule has 2 N–H and O–H groups in total. The molecule has 1 atom stereocenters. The Morgan fingerprint density at radius 2 is 2.05 bits per heavy atom. The summed E-state index contributed by atoms with van der Waals surface area (Å²) in [6, 6.07) is 0.658. The summed E-state index contributed by atoms with van der Waals surface area (Å²) < 4.78 is 4.88. The second-order valence-corrected chi connectivity index (χ2v) is 5.52. The van der Waals surface area contributed by atoms with Crippen LogP contribution in [0.3, 0.4) is 0 Å². The first-order valence-corrected chi connectivity index (χ1v) is 7.63. The molecule has 6 nitrogen and oxygen atoms in total. The van der Waals surface area contributed by atoms with Gasteiger partial charge in [0.25, 0.3) is 0 Å². The number of hydrogen-bond donors (Lipinski definition) is 2. The van der Waals surface area contributed by atoms with E-state index in [2.05, 4.69) is 10.6 Å². The Kier molecular flexibility index (Phi) is 5.64. The van der Waals surface area contributed by atoms with E-state index in [-0.39, 0.29) is 18.0 Å².